The second-order valence-electron chi connectivity index (χ2n) is 8.34. The summed E-state index contributed by atoms with van der Waals surface area (Å²) in [7, 11) is -2.09. The molecule has 12 heteroatoms. The Morgan fingerprint density at radius 2 is 2.15 bits per heavy atom. The summed E-state index contributed by atoms with van der Waals surface area (Å²) >= 11 is 3.46. The number of hydrogen-bond acceptors (Lipinski definition) is 8. The molecule has 180 valence electrons. The van der Waals surface area contributed by atoms with Crippen LogP contribution in [0.4, 0.5) is 5.82 Å². The second kappa shape index (κ2) is 10.3. The molecule has 0 aliphatic heterocycles. The maximum Gasteiger partial charge on any atom is 0.333 e. The van der Waals surface area contributed by atoms with Crippen molar-refractivity contribution in [2.75, 3.05) is 18.6 Å². The SMILES string of the molecule is CN(c1ncncc1C(=O)c1ccn(Cc2cccc(Br)c2)n1)C1CCC(COS(N)(=O)=O)C1. The maximum atomic E-state index is 13.3. The first-order valence-corrected chi connectivity index (χ1v) is 13.0. The van der Waals surface area contributed by atoms with Gasteiger partial charge in [-0.25, -0.2) is 15.1 Å². The van der Waals surface area contributed by atoms with Crippen molar-refractivity contribution in [2.24, 2.45) is 11.1 Å². The lowest BCUT2D eigenvalue weighted by Crippen LogP contribution is -2.32. The van der Waals surface area contributed by atoms with Gasteiger partial charge in [-0.2, -0.15) is 13.5 Å². The van der Waals surface area contributed by atoms with E-state index >= 15 is 0 Å². The number of carbonyl (C=O) groups excluding carboxylic acids is 1. The van der Waals surface area contributed by atoms with E-state index in [2.05, 4.69) is 31.0 Å². The molecule has 1 fully saturated rings. The summed E-state index contributed by atoms with van der Waals surface area (Å²) in [6.45, 7) is 0.586. The highest BCUT2D eigenvalue weighted by Gasteiger charge is 2.31. The van der Waals surface area contributed by atoms with Crippen molar-refractivity contribution in [3.63, 3.8) is 0 Å². The van der Waals surface area contributed by atoms with Crippen molar-refractivity contribution in [1.29, 1.82) is 0 Å². The molecule has 1 saturated carbocycles. The maximum absolute atomic E-state index is 13.3. The molecule has 1 aliphatic carbocycles. The van der Waals surface area contributed by atoms with Crippen LogP contribution in [0.25, 0.3) is 0 Å². The van der Waals surface area contributed by atoms with E-state index in [-0.39, 0.29) is 24.3 Å². The Labute approximate surface area is 206 Å². The molecule has 4 rings (SSSR count). The van der Waals surface area contributed by atoms with Crippen molar-refractivity contribution in [1.82, 2.24) is 19.7 Å². The summed E-state index contributed by atoms with van der Waals surface area (Å²) in [4.78, 5) is 23.7. The van der Waals surface area contributed by atoms with Crippen LogP contribution in [-0.4, -0.2) is 53.6 Å². The molecule has 0 bridgehead atoms. The standard InChI is InChI=1S/C22H25BrN6O4S/c1-28(18-6-5-16(10-18)13-33-34(24,31)32)22-19(11-25-14-26-22)21(30)20-7-8-29(27-20)12-15-3-2-4-17(23)9-15/h2-4,7-9,11,14,16,18H,5-6,10,12-13H2,1H3,(H2,24,31,32). The van der Waals surface area contributed by atoms with Crippen LogP contribution in [0, 0.1) is 5.92 Å². The molecule has 2 heterocycles. The van der Waals surface area contributed by atoms with Crippen LogP contribution in [0.1, 0.15) is 40.9 Å². The third kappa shape index (κ3) is 6.06. The summed E-state index contributed by atoms with van der Waals surface area (Å²) in [5.74, 6) is 0.308. The minimum atomic E-state index is -3.96. The molecule has 0 radical (unpaired) electrons. The van der Waals surface area contributed by atoms with E-state index < -0.39 is 10.3 Å². The average molecular weight is 549 g/mol. The van der Waals surface area contributed by atoms with Gasteiger partial charge in [-0.15, -0.1) is 0 Å². The smallest absolute Gasteiger partial charge is 0.333 e. The first-order valence-electron chi connectivity index (χ1n) is 10.7. The molecule has 2 N–H and O–H groups in total. The van der Waals surface area contributed by atoms with Crippen LogP contribution in [0.5, 0.6) is 0 Å². The zero-order valence-corrected chi connectivity index (χ0v) is 20.9. The quantitative estimate of drug-likeness (QED) is 0.403. The summed E-state index contributed by atoms with van der Waals surface area (Å²) in [5, 5.41) is 9.40. The molecule has 1 aliphatic rings. The van der Waals surface area contributed by atoms with E-state index in [1.54, 1.807) is 16.9 Å². The van der Waals surface area contributed by atoms with E-state index in [1.165, 1.54) is 12.5 Å². The molecule has 0 amide bonds. The number of benzene rings is 1. The van der Waals surface area contributed by atoms with Crippen LogP contribution in [0.3, 0.4) is 0 Å². The number of aromatic nitrogens is 4. The van der Waals surface area contributed by atoms with Crippen LogP contribution in [0.15, 0.2) is 53.5 Å². The predicted molar refractivity (Wildman–Crippen MR) is 130 cm³/mol. The third-order valence-electron chi connectivity index (χ3n) is 5.91. The number of halogens is 1. The fraction of sp³-hybridized carbons (Fsp3) is 0.364. The molecule has 34 heavy (non-hydrogen) atoms. The average Bonchev–Trinajstić information content (AvgIpc) is 3.46. The van der Waals surface area contributed by atoms with Gasteiger partial charge in [0.05, 0.1) is 18.7 Å². The molecule has 2 aromatic heterocycles. The zero-order chi connectivity index (χ0) is 24.3. The zero-order valence-electron chi connectivity index (χ0n) is 18.5. The number of nitrogens with zero attached hydrogens (tertiary/aromatic N) is 5. The van der Waals surface area contributed by atoms with Gasteiger partial charge in [0.2, 0.25) is 5.78 Å². The minimum Gasteiger partial charge on any atom is -0.356 e. The molecule has 0 saturated heterocycles. The number of hydrogen-bond donors (Lipinski definition) is 1. The Balaban J connectivity index is 1.47. The molecule has 2 atom stereocenters. The Kier molecular flexibility index (Phi) is 7.41. The highest BCUT2D eigenvalue weighted by Crippen LogP contribution is 2.32. The van der Waals surface area contributed by atoms with Gasteiger partial charge in [0, 0.05) is 30.0 Å². The largest absolute Gasteiger partial charge is 0.356 e. The molecule has 3 aromatic rings. The summed E-state index contributed by atoms with van der Waals surface area (Å²) < 4.78 is 29.6. The van der Waals surface area contributed by atoms with Gasteiger partial charge in [-0.05, 0) is 48.9 Å². The van der Waals surface area contributed by atoms with Gasteiger partial charge < -0.3 is 4.90 Å². The fourth-order valence-corrected chi connectivity index (χ4v) is 5.04. The van der Waals surface area contributed by atoms with Crippen LogP contribution >= 0.6 is 15.9 Å². The number of rotatable bonds is 9. The second-order valence-corrected chi connectivity index (χ2v) is 10.5. The molecular formula is C22H25BrN6O4S. The highest BCUT2D eigenvalue weighted by molar-refractivity contribution is 9.10. The lowest BCUT2D eigenvalue weighted by atomic mass is 10.1. The number of anilines is 1. The normalized spacial score (nSPS) is 18.2. The van der Waals surface area contributed by atoms with Crippen molar-refractivity contribution < 1.29 is 17.4 Å². The van der Waals surface area contributed by atoms with Crippen LogP contribution < -0.4 is 10.0 Å². The van der Waals surface area contributed by atoms with Gasteiger partial charge in [0.25, 0.3) is 0 Å². The Morgan fingerprint density at radius 3 is 2.91 bits per heavy atom. The summed E-state index contributed by atoms with van der Waals surface area (Å²) in [5.41, 5.74) is 1.73. The van der Waals surface area contributed by atoms with Gasteiger partial charge in [-0.1, -0.05) is 28.1 Å². The minimum absolute atomic E-state index is 0.0498. The molecule has 0 spiro atoms. The number of nitrogens with two attached hydrogens (primary N) is 1. The predicted octanol–water partition coefficient (Wildman–Crippen LogP) is 2.54. The van der Waals surface area contributed by atoms with Crippen molar-refractivity contribution in [2.45, 2.75) is 31.8 Å². The summed E-state index contributed by atoms with van der Waals surface area (Å²) in [6.07, 6.45) is 6.99. The molecule has 2 unspecified atom stereocenters. The van der Waals surface area contributed by atoms with E-state index in [9.17, 15) is 13.2 Å². The van der Waals surface area contributed by atoms with Crippen molar-refractivity contribution in [3.8, 4) is 0 Å². The lowest BCUT2D eigenvalue weighted by Gasteiger charge is -2.27. The van der Waals surface area contributed by atoms with Crippen LogP contribution in [0.2, 0.25) is 0 Å². The lowest BCUT2D eigenvalue weighted by molar-refractivity contribution is 0.103. The van der Waals surface area contributed by atoms with Crippen molar-refractivity contribution >= 4 is 37.8 Å². The molecule has 1 aromatic carbocycles. The summed E-state index contributed by atoms with van der Waals surface area (Å²) in [6, 6.07) is 9.67. The van der Waals surface area contributed by atoms with E-state index in [1.807, 2.05) is 36.2 Å². The molecular weight excluding hydrogens is 524 g/mol. The fourth-order valence-electron chi connectivity index (χ4n) is 4.21. The van der Waals surface area contributed by atoms with Gasteiger partial charge in [-0.3, -0.25) is 13.7 Å². The molecule has 10 nitrogen and oxygen atoms in total. The van der Waals surface area contributed by atoms with E-state index in [0.717, 1.165) is 22.9 Å². The Bertz CT molecular complexity index is 1280. The number of ketones is 1. The number of carbonyl (C=O) groups is 1. The van der Waals surface area contributed by atoms with E-state index in [0.29, 0.717) is 30.0 Å². The monoisotopic (exact) mass is 548 g/mol. The van der Waals surface area contributed by atoms with Crippen molar-refractivity contribution in [3.05, 3.63) is 70.3 Å². The van der Waals surface area contributed by atoms with Gasteiger partial charge >= 0.3 is 10.3 Å². The first kappa shape index (κ1) is 24.5. The Hall–Kier alpha value is -2.67. The highest BCUT2D eigenvalue weighted by atomic mass is 79.9. The van der Waals surface area contributed by atoms with Gasteiger partial charge in [0.15, 0.2) is 0 Å². The topological polar surface area (TPSA) is 133 Å². The van der Waals surface area contributed by atoms with Crippen LogP contribution in [-0.2, 0) is 21.0 Å². The van der Waals surface area contributed by atoms with E-state index in [4.69, 9.17) is 9.32 Å². The first-order chi connectivity index (χ1) is 16.2. The van der Waals surface area contributed by atoms with Gasteiger partial charge in [0.1, 0.15) is 17.8 Å². The Morgan fingerprint density at radius 1 is 1.32 bits per heavy atom. The third-order valence-corrected chi connectivity index (χ3v) is 6.86.